The van der Waals surface area contributed by atoms with Crippen molar-refractivity contribution in [1.82, 2.24) is 9.55 Å². The summed E-state index contributed by atoms with van der Waals surface area (Å²) in [6.07, 6.45) is 3.42. The summed E-state index contributed by atoms with van der Waals surface area (Å²) in [5.74, 6) is 0. The van der Waals surface area contributed by atoms with Crippen molar-refractivity contribution in [3.05, 3.63) is 143 Å². The van der Waals surface area contributed by atoms with E-state index in [0.29, 0.717) is 27.8 Å². The van der Waals surface area contributed by atoms with Gasteiger partial charge in [-0.15, -0.1) is 0 Å². The standard InChI is InChI=1S/C41H21N7/c1-25-10-36(30-6-8-47-9-7-30)35(24-46)19-41(25)48-39-4-2-31(33-13-26(20-42)11-27(14-33)21-43)17-37(39)38-18-32(3-5-40(38)48)34-15-28(22-44)12-29(16-34)23-45/h2-19H,1H3. The lowest BCUT2D eigenvalue weighted by Crippen LogP contribution is -2.00. The van der Waals surface area contributed by atoms with Crippen molar-refractivity contribution < 1.29 is 0 Å². The van der Waals surface area contributed by atoms with Gasteiger partial charge in [-0.25, -0.2) is 0 Å². The third kappa shape index (κ3) is 4.96. The molecular weight excluding hydrogens is 591 g/mol. The van der Waals surface area contributed by atoms with Crippen molar-refractivity contribution in [2.45, 2.75) is 6.92 Å². The maximum absolute atomic E-state index is 10.2. The Morgan fingerprint density at radius 3 is 1.40 bits per heavy atom. The Balaban J connectivity index is 1.53. The fourth-order valence-corrected chi connectivity index (χ4v) is 6.29. The average molecular weight is 612 g/mol. The molecule has 0 bridgehead atoms. The number of hydrogen-bond donors (Lipinski definition) is 0. The minimum atomic E-state index is 0.397. The maximum atomic E-state index is 10.2. The number of nitrogens with zero attached hydrogens (tertiary/aromatic N) is 7. The Kier molecular flexibility index (Phi) is 7.17. The SMILES string of the molecule is Cc1cc(-c2ccncc2)c(C#N)cc1-n1c2ccc(-c3cc(C#N)cc(C#N)c3)cc2c2cc(-c3cc(C#N)cc(C#N)c3)ccc21. The fourth-order valence-electron chi connectivity index (χ4n) is 6.29. The number of rotatable bonds is 4. The Hall–Kier alpha value is -7.50. The van der Waals surface area contributed by atoms with Gasteiger partial charge in [-0.05, 0) is 131 Å². The van der Waals surface area contributed by atoms with Crippen LogP contribution in [0.15, 0.2) is 109 Å². The normalized spacial score (nSPS) is 10.5. The van der Waals surface area contributed by atoms with Crippen LogP contribution in [0.25, 0.3) is 60.9 Å². The van der Waals surface area contributed by atoms with Gasteiger partial charge in [-0.3, -0.25) is 4.98 Å². The van der Waals surface area contributed by atoms with E-state index in [-0.39, 0.29) is 0 Å². The van der Waals surface area contributed by atoms with E-state index in [9.17, 15) is 26.3 Å². The van der Waals surface area contributed by atoms with Crippen molar-refractivity contribution in [3.63, 3.8) is 0 Å². The number of hydrogen-bond acceptors (Lipinski definition) is 6. The summed E-state index contributed by atoms with van der Waals surface area (Å²) < 4.78 is 2.14. The molecule has 0 radical (unpaired) electrons. The van der Waals surface area contributed by atoms with Crippen LogP contribution in [0.1, 0.15) is 33.4 Å². The minimum absolute atomic E-state index is 0.397. The molecule has 0 unspecified atom stereocenters. The van der Waals surface area contributed by atoms with Gasteiger partial charge in [0, 0.05) is 23.2 Å². The summed E-state index contributed by atoms with van der Waals surface area (Å²) in [6.45, 7) is 2.02. The van der Waals surface area contributed by atoms with Gasteiger partial charge in [-0.1, -0.05) is 12.1 Å². The minimum Gasteiger partial charge on any atom is -0.309 e. The van der Waals surface area contributed by atoms with E-state index in [2.05, 4.69) is 39.9 Å². The van der Waals surface area contributed by atoms with Crippen LogP contribution < -0.4 is 0 Å². The van der Waals surface area contributed by atoms with E-state index in [1.807, 2.05) is 67.6 Å². The van der Waals surface area contributed by atoms with E-state index < -0.39 is 0 Å². The van der Waals surface area contributed by atoms with E-state index in [4.69, 9.17) is 0 Å². The second kappa shape index (κ2) is 11.8. The smallest absolute Gasteiger partial charge is 0.0998 e. The molecule has 0 amide bonds. The number of aromatic nitrogens is 2. The van der Waals surface area contributed by atoms with Gasteiger partial charge in [0.05, 0.1) is 74.9 Å². The third-order valence-corrected chi connectivity index (χ3v) is 8.50. The highest BCUT2D eigenvalue weighted by molar-refractivity contribution is 6.12. The Labute approximate surface area is 276 Å². The first-order chi connectivity index (χ1) is 23.4. The molecule has 0 atom stereocenters. The molecule has 0 N–H and O–H groups in total. The number of aryl methyl sites for hydroxylation is 1. The lowest BCUT2D eigenvalue weighted by Gasteiger charge is -2.15. The van der Waals surface area contributed by atoms with Crippen molar-refractivity contribution in [2.75, 3.05) is 0 Å². The van der Waals surface area contributed by atoms with Crippen molar-refractivity contribution in [1.29, 1.82) is 26.3 Å². The zero-order valence-electron chi connectivity index (χ0n) is 25.5. The number of pyridine rings is 1. The van der Waals surface area contributed by atoms with E-state index in [1.54, 1.807) is 48.8 Å². The first-order valence-corrected chi connectivity index (χ1v) is 14.9. The van der Waals surface area contributed by atoms with Gasteiger partial charge in [0.25, 0.3) is 0 Å². The molecule has 0 saturated carbocycles. The first-order valence-electron chi connectivity index (χ1n) is 14.9. The second-order valence-electron chi connectivity index (χ2n) is 11.4. The summed E-state index contributed by atoms with van der Waals surface area (Å²) in [4.78, 5) is 4.12. The number of nitriles is 5. The molecule has 5 aromatic carbocycles. The van der Waals surface area contributed by atoms with E-state index in [1.165, 1.54) is 0 Å². The number of fused-ring (bicyclic) bond motifs is 3. The zero-order valence-corrected chi connectivity index (χ0v) is 25.5. The van der Waals surface area contributed by atoms with Gasteiger partial charge in [-0.2, -0.15) is 26.3 Å². The van der Waals surface area contributed by atoms with E-state index >= 15 is 0 Å². The summed E-state index contributed by atoms with van der Waals surface area (Å²) in [6, 6.07) is 41.0. The van der Waals surface area contributed by atoms with Crippen LogP contribution >= 0.6 is 0 Å². The molecular formula is C41H21N7. The molecule has 0 spiro atoms. The third-order valence-electron chi connectivity index (χ3n) is 8.50. The zero-order chi connectivity index (χ0) is 33.4. The summed E-state index contributed by atoms with van der Waals surface area (Å²) in [5, 5.41) is 50.5. The van der Waals surface area contributed by atoms with Crippen molar-refractivity contribution in [2.24, 2.45) is 0 Å². The number of benzene rings is 5. The van der Waals surface area contributed by atoms with Crippen LogP contribution in [0.3, 0.4) is 0 Å². The van der Waals surface area contributed by atoms with Crippen LogP contribution in [0.4, 0.5) is 0 Å². The highest BCUT2D eigenvalue weighted by Gasteiger charge is 2.19. The average Bonchev–Trinajstić information content (AvgIpc) is 3.47. The Morgan fingerprint density at radius 1 is 0.479 bits per heavy atom. The van der Waals surface area contributed by atoms with Crippen LogP contribution in [0.5, 0.6) is 0 Å². The van der Waals surface area contributed by atoms with Crippen LogP contribution in [0.2, 0.25) is 0 Å². The van der Waals surface area contributed by atoms with Crippen LogP contribution in [0, 0.1) is 63.6 Å². The molecule has 7 heteroatoms. The molecule has 0 aliphatic carbocycles. The van der Waals surface area contributed by atoms with Crippen LogP contribution in [-0.2, 0) is 0 Å². The molecule has 2 aromatic heterocycles. The molecule has 0 fully saturated rings. The largest absolute Gasteiger partial charge is 0.309 e. The van der Waals surface area contributed by atoms with Gasteiger partial charge >= 0.3 is 0 Å². The molecule has 2 heterocycles. The predicted molar refractivity (Wildman–Crippen MR) is 183 cm³/mol. The Morgan fingerprint density at radius 2 is 0.958 bits per heavy atom. The topological polar surface area (TPSA) is 137 Å². The summed E-state index contributed by atoms with van der Waals surface area (Å²) in [5.41, 5.74) is 10.6. The van der Waals surface area contributed by atoms with Crippen molar-refractivity contribution >= 4 is 21.8 Å². The molecule has 7 aromatic rings. The van der Waals surface area contributed by atoms with Crippen molar-refractivity contribution in [3.8, 4) is 69.4 Å². The quantitative estimate of drug-likeness (QED) is 0.195. The fraction of sp³-hybridized carbons (Fsp3) is 0.0244. The van der Waals surface area contributed by atoms with Crippen LogP contribution in [-0.4, -0.2) is 9.55 Å². The molecule has 0 aliphatic heterocycles. The molecule has 7 rings (SSSR count). The second-order valence-corrected chi connectivity index (χ2v) is 11.4. The predicted octanol–water partition coefficient (Wildman–Crippen LogP) is 8.85. The molecule has 7 nitrogen and oxygen atoms in total. The molecule has 0 saturated heterocycles. The molecule has 0 aliphatic rings. The first kappa shape index (κ1) is 29.2. The van der Waals surface area contributed by atoms with E-state index in [0.717, 1.165) is 66.4 Å². The summed E-state index contributed by atoms with van der Waals surface area (Å²) in [7, 11) is 0. The lowest BCUT2D eigenvalue weighted by atomic mass is 9.97. The highest BCUT2D eigenvalue weighted by Crippen LogP contribution is 2.39. The van der Waals surface area contributed by atoms with Gasteiger partial charge in [0.2, 0.25) is 0 Å². The molecule has 220 valence electrons. The lowest BCUT2D eigenvalue weighted by molar-refractivity contribution is 1.15. The Bertz CT molecular complexity index is 2490. The molecule has 48 heavy (non-hydrogen) atoms. The van der Waals surface area contributed by atoms with Gasteiger partial charge < -0.3 is 4.57 Å². The maximum Gasteiger partial charge on any atom is 0.0998 e. The van der Waals surface area contributed by atoms with Gasteiger partial charge in [0.15, 0.2) is 0 Å². The summed E-state index contributed by atoms with van der Waals surface area (Å²) >= 11 is 0. The monoisotopic (exact) mass is 611 g/mol. The van der Waals surface area contributed by atoms with Gasteiger partial charge in [0.1, 0.15) is 0 Å². The highest BCUT2D eigenvalue weighted by atomic mass is 15.0.